The van der Waals surface area contributed by atoms with Crippen LogP contribution in [0, 0.1) is 6.92 Å². The Morgan fingerprint density at radius 2 is 2.14 bits per heavy atom. The molecule has 0 saturated carbocycles. The summed E-state index contributed by atoms with van der Waals surface area (Å²) in [7, 11) is -3.75. The second-order valence-corrected chi connectivity index (χ2v) is 7.26. The lowest BCUT2D eigenvalue weighted by Gasteiger charge is -2.06. The van der Waals surface area contributed by atoms with E-state index in [0.29, 0.717) is 15.5 Å². The van der Waals surface area contributed by atoms with Crippen molar-refractivity contribution >= 4 is 38.9 Å². The highest BCUT2D eigenvalue weighted by atomic mass is 35.5. The number of rotatable bonds is 4. The van der Waals surface area contributed by atoms with Crippen molar-refractivity contribution in [2.75, 3.05) is 0 Å². The summed E-state index contributed by atoms with van der Waals surface area (Å²) in [6.45, 7) is 2.01. The second-order valence-electron chi connectivity index (χ2n) is 4.44. The van der Waals surface area contributed by atoms with E-state index in [1.165, 1.54) is 23.5 Å². The summed E-state index contributed by atoms with van der Waals surface area (Å²) in [6.07, 6.45) is 0. The Morgan fingerprint density at radius 1 is 1.43 bits per heavy atom. The number of aryl methyl sites for hydroxylation is 1. The van der Waals surface area contributed by atoms with Gasteiger partial charge in [0.05, 0.1) is 9.92 Å². The molecule has 0 atom stereocenters. The quantitative estimate of drug-likeness (QED) is 0.891. The van der Waals surface area contributed by atoms with E-state index in [2.05, 4.69) is 5.32 Å². The van der Waals surface area contributed by atoms with E-state index >= 15 is 0 Å². The largest absolute Gasteiger partial charge is 0.347 e. The number of amides is 1. The number of primary sulfonamides is 1. The van der Waals surface area contributed by atoms with Crippen LogP contribution in [0.15, 0.2) is 34.5 Å². The number of hydrogen-bond donors (Lipinski definition) is 2. The highest BCUT2D eigenvalue weighted by molar-refractivity contribution is 7.89. The van der Waals surface area contributed by atoms with Gasteiger partial charge in [-0.1, -0.05) is 23.7 Å². The topological polar surface area (TPSA) is 89.3 Å². The Kier molecular flexibility index (Phi) is 4.67. The van der Waals surface area contributed by atoms with Crippen molar-refractivity contribution in [3.8, 4) is 0 Å². The van der Waals surface area contributed by atoms with Crippen LogP contribution in [0.2, 0.25) is 5.02 Å². The molecule has 21 heavy (non-hydrogen) atoms. The molecule has 0 aliphatic rings. The summed E-state index contributed by atoms with van der Waals surface area (Å²) in [5.74, 6) is -0.292. The highest BCUT2D eigenvalue weighted by Gasteiger charge is 2.14. The van der Waals surface area contributed by atoms with Crippen LogP contribution in [0.25, 0.3) is 0 Å². The third-order valence-electron chi connectivity index (χ3n) is 2.79. The van der Waals surface area contributed by atoms with Gasteiger partial charge in [0.1, 0.15) is 4.88 Å². The molecule has 0 spiro atoms. The van der Waals surface area contributed by atoms with Crippen LogP contribution in [0.1, 0.15) is 20.8 Å². The smallest absolute Gasteiger partial charge is 0.263 e. The Hall–Kier alpha value is -1.41. The fraction of sp³-hybridized carbons (Fsp3) is 0.154. The molecule has 2 aromatic rings. The number of carbonyl (C=O) groups is 1. The van der Waals surface area contributed by atoms with Crippen molar-refractivity contribution in [2.24, 2.45) is 5.14 Å². The van der Waals surface area contributed by atoms with Gasteiger partial charge in [-0.3, -0.25) is 4.79 Å². The number of nitrogens with one attached hydrogen (secondary N) is 1. The van der Waals surface area contributed by atoms with Gasteiger partial charge in [-0.2, -0.15) is 0 Å². The number of sulfonamides is 1. The Morgan fingerprint density at radius 3 is 2.71 bits per heavy atom. The molecule has 0 bridgehead atoms. The van der Waals surface area contributed by atoms with E-state index in [-0.39, 0.29) is 17.3 Å². The molecule has 8 heteroatoms. The molecule has 0 unspecified atom stereocenters. The average molecular weight is 345 g/mol. The molecular formula is C13H13ClN2O3S2. The zero-order valence-corrected chi connectivity index (χ0v) is 13.5. The maximum atomic E-state index is 12.0. The van der Waals surface area contributed by atoms with Gasteiger partial charge < -0.3 is 5.32 Å². The standard InChI is InChI=1S/C13H13ClN2O3S2/c1-8-7-20-12(11(8)14)13(17)16-6-9-3-2-4-10(5-9)21(15,18)19/h2-5,7H,6H2,1H3,(H,16,17)(H2,15,18,19). The molecule has 112 valence electrons. The molecule has 1 heterocycles. The van der Waals surface area contributed by atoms with Gasteiger partial charge in [-0.25, -0.2) is 13.6 Å². The Labute approximate surface area is 131 Å². The number of thiophene rings is 1. The summed E-state index contributed by atoms with van der Waals surface area (Å²) < 4.78 is 22.5. The fourth-order valence-electron chi connectivity index (χ4n) is 1.68. The van der Waals surface area contributed by atoms with E-state index in [0.717, 1.165) is 5.56 Å². The summed E-state index contributed by atoms with van der Waals surface area (Å²) >= 11 is 7.29. The molecule has 1 aromatic heterocycles. The predicted molar refractivity (Wildman–Crippen MR) is 83.1 cm³/mol. The first-order valence-corrected chi connectivity index (χ1v) is 8.73. The monoisotopic (exact) mass is 344 g/mol. The fourth-order valence-corrected chi connectivity index (χ4v) is 3.46. The number of benzene rings is 1. The van der Waals surface area contributed by atoms with Crippen LogP contribution in [0.4, 0.5) is 0 Å². The normalized spacial score (nSPS) is 11.4. The van der Waals surface area contributed by atoms with Crippen LogP contribution in [0.5, 0.6) is 0 Å². The molecule has 0 radical (unpaired) electrons. The van der Waals surface area contributed by atoms with Crippen molar-refractivity contribution in [1.82, 2.24) is 5.32 Å². The Balaban J connectivity index is 2.10. The molecular weight excluding hydrogens is 332 g/mol. The maximum Gasteiger partial charge on any atom is 0.263 e. The maximum absolute atomic E-state index is 12.0. The lowest BCUT2D eigenvalue weighted by Crippen LogP contribution is -2.22. The first-order valence-electron chi connectivity index (χ1n) is 5.92. The van der Waals surface area contributed by atoms with Crippen molar-refractivity contribution in [3.63, 3.8) is 0 Å². The number of halogens is 1. The molecule has 5 nitrogen and oxygen atoms in total. The Bertz CT molecular complexity index is 784. The summed E-state index contributed by atoms with van der Waals surface area (Å²) in [5, 5.41) is 10.0. The van der Waals surface area contributed by atoms with Crippen LogP contribution >= 0.6 is 22.9 Å². The van der Waals surface area contributed by atoms with Gasteiger partial charge in [-0.15, -0.1) is 11.3 Å². The van der Waals surface area contributed by atoms with Gasteiger partial charge in [-0.05, 0) is 35.6 Å². The van der Waals surface area contributed by atoms with Crippen LogP contribution in [-0.2, 0) is 16.6 Å². The molecule has 3 N–H and O–H groups in total. The zero-order chi connectivity index (χ0) is 15.6. The minimum absolute atomic E-state index is 0.0132. The minimum atomic E-state index is -3.75. The molecule has 1 amide bonds. The number of carbonyl (C=O) groups excluding carboxylic acids is 1. The first kappa shape index (κ1) is 16.0. The third kappa shape index (κ3) is 3.82. The second kappa shape index (κ2) is 6.15. The minimum Gasteiger partial charge on any atom is -0.347 e. The van der Waals surface area contributed by atoms with E-state index in [1.807, 2.05) is 6.92 Å². The molecule has 2 rings (SSSR count). The lowest BCUT2D eigenvalue weighted by atomic mass is 10.2. The number of nitrogens with two attached hydrogens (primary N) is 1. The summed E-state index contributed by atoms with van der Waals surface area (Å²) in [5.41, 5.74) is 1.49. The van der Waals surface area contributed by atoms with E-state index in [1.54, 1.807) is 17.5 Å². The summed E-state index contributed by atoms with van der Waals surface area (Å²) in [4.78, 5) is 12.5. The van der Waals surface area contributed by atoms with Gasteiger partial charge >= 0.3 is 0 Å². The van der Waals surface area contributed by atoms with Crippen LogP contribution < -0.4 is 10.5 Å². The lowest BCUT2D eigenvalue weighted by molar-refractivity contribution is 0.0955. The molecule has 0 aliphatic heterocycles. The summed E-state index contributed by atoms with van der Waals surface area (Å²) in [6, 6.07) is 6.11. The molecule has 0 fully saturated rings. The third-order valence-corrected chi connectivity index (χ3v) is 5.39. The highest BCUT2D eigenvalue weighted by Crippen LogP contribution is 2.26. The van der Waals surface area contributed by atoms with Gasteiger partial charge in [0, 0.05) is 6.54 Å². The van der Waals surface area contributed by atoms with E-state index in [9.17, 15) is 13.2 Å². The van der Waals surface area contributed by atoms with Crippen LogP contribution in [-0.4, -0.2) is 14.3 Å². The zero-order valence-electron chi connectivity index (χ0n) is 11.1. The SMILES string of the molecule is Cc1csc(C(=O)NCc2cccc(S(N)(=O)=O)c2)c1Cl. The van der Waals surface area contributed by atoms with Gasteiger partial charge in [0.15, 0.2) is 0 Å². The molecule has 0 aliphatic carbocycles. The van der Waals surface area contributed by atoms with E-state index in [4.69, 9.17) is 16.7 Å². The molecule has 1 aromatic carbocycles. The van der Waals surface area contributed by atoms with Crippen molar-refractivity contribution in [2.45, 2.75) is 18.4 Å². The van der Waals surface area contributed by atoms with Crippen molar-refractivity contribution in [3.05, 3.63) is 50.7 Å². The van der Waals surface area contributed by atoms with Gasteiger partial charge in [0.25, 0.3) is 5.91 Å². The molecule has 0 saturated heterocycles. The predicted octanol–water partition coefficient (Wildman–Crippen LogP) is 2.29. The van der Waals surface area contributed by atoms with Crippen molar-refractivity contribution in [1.29, 1.82) is 0 Å². The van der Waals surface area contributed by atoms with Crippen LogP contribution in [0.3, 0.4) is 0 Å². The van der Waals surface area contributed by atoms with E-state index < -0.39 is 10.0 Å². The van der Waals surface area contributed by atoms with Gasteiger partial charge in [0.2, 0.25) is 10.0 Å². The average Bonchev–Trinajstić information content (AvgIpc) is 2.76. The van der Waals surface area contributed by atoms with Crippen molar-refractivity contribution < 1.29 is 13.2 Å². The first-order chi connectivity index (χ1) is 9.79. The number of hydrogen-bond acceptors (Lipinski definition) is 4.